The minimum atomic E-state index is -0.467. The molecule has 0 saturated carbocycles. The number of hydrogen-bond donors (Lipinski definition) is 0. The van der Waals surface area contributed by atoms with Gasteiger partial charge in [0, 0.05) is 24.0 Å². The number of aromatic nitrogens is 3. The Morgan fingerprint density at radius 3 is 2.65 bits per heavy atom. The molecule has 0 N–H and O–H groups in total. The molecule has 0 saturated heterocycles. The molecule has 31 heavy (non-hydrogen) atoms. The number of carbonyl (C=O) groups excluding carboxylic acids is 2. The molecule has 1 aliphatic heterocycles. The molecule has 4 aromatic rings. The predicted molar refractivity (Wildman–Crippen MR) is 119 cm³/mol. The molecule has 0 atom stereocenters. The highest BCUT2D eigenvalue weighted by Crippen LogP contribution is 2.36. The van der Waals surface area contributed by atoms with Gasteiger partial charge in [-0.15, -0.1) is 5.10 Å². The summed E-state index contributed by atoms with van der Waals surface area (Å²) in [7, 11) is 1.67. The first-order valence-electron chi connectivity index (χ1n) is 9.15. The Bertz CT molecular complexity index is 1520. The molecule has 154 valence electrons. The number of amides is 1. The van der Waals surface area contributed by atoms with Crippen LogP contribution < -0.4 is 19.7 Å². The van der Waals surface area contributed by atoms with Crippen LogP contribution in [0.5, 0.6) is 5.75 Å². The molecule has 0 fully saturated rings. The van der Waals surface area contributed by atoms with Crippen LogP contribution in [0.1, 0.15) is 12.5 Å². The van der Waals surface area contributed by atoms with Crippen molar-refractivity contribution < 1.29 is 14.3 Å². The Kier molecular flexibility index (Phi) is 4.49. The number of esters is 1. The van der Waals surface area contributed by atoms with Gasteiger partial charge in [-0.05, 0) is 30.3 Å². The van der Waals surface area contributed by atoms with Crippen molar-refractivity contribution in [3.63, 3.8) is 0 Å². The molecular weight excluding hydrogens is 484 g/mol. The maximum atomic E-state index is 13.2. The molecule has 8 nitrogen and oxygen atoms in total. The van der Waals surface area contributed by atoms with Crippen molar-refractivity contribution in [1.82, 2.24) is 14.6 Å². The van der Waals surface area contributed by atoms with Gasteiger partial charge in [0.15, 0.2) is 5.82 Å². The summed E-state index contributed by atoms with van der Waals surface area (Å²) in [4.78, 5) is 43.8. The molecule has 1 amide bonds. The molecule has 1 aliphatic rings. The van der Waals surface area contributed by atoms with Crippen LogP contribution in [-0.2, 0) is 9.59 Å². The zero-order valence-corrected chi connectivity index (χ0v) is 18.7. The number of thiazole rings is 1. The van der Waals surface area contributed by atoms with Crippen molar-refractivity contribution in [3.8, 4) is 17.1 Å². The molecule has 0 radical (unpaired) electrons. The van der Waals surface area contributed by atoms with Crippen LogP contribution in [0.4, 0.5) is 5.69 Å². The molecule has 2 aromatic heterocycles. The van der Waals surface area contributed by atoms with Gasteiger partial charge in [0.25, 0.3) is 11.5 Å². The first kappa shape index (κ1) is 19.6. The Morgan fingerprint density at radius 2 is 1.90 bits per heavy atom. The molecule has 0 bridgehead atoms. The third kappa shape index (κ3) is 3.06. The average Bonchev–Trinajstić information content (AvgIpc) is 3.34. The van der Waals surface area contributed by atoms with Crippen molar-refractivity contribution in [2.24, 2.45) is 0 Å². The lowest BCUT2D eigenvalue weighted by molar-refractivity contribution is -0.131. The fraction of sp³-hybridized carbons (Fsp3) is 0.0952. The lowest BCUT2D eigenvalue weighted by Crippen LogP contribution is -2.30. The number of hydrogen-bond acceptors (Lipinski definition) is 7. The fourth-order valence-electron chi connectivity index (χ4n) is 3.51. The third-order valence-corrected chi connectivity index (χ3v) is 6.40. The van der Waals surface area contributed by atoms with Gasteiger partial charge in [-0.25, -0.2) is 0 Å². The highest BCUT2D eigenvalue weighted by atomic mass is 79.9. The molecule has 0 aliphatic carbocycles. The van der Waals surface area contributed by atoms with E-state index >= 15 is 0 Å². The number of para-hydroxylation sites is 1. The van der Waals surface area contributed by atoms with Crippen molar-refractivity contribution in [2.45, 2.75) is 6.92 Å². The van der Waals surface area contributed by atoms with Gasteiger partial charge in [-0.1, -0.05) is 39.4 Å². The summed E-state index contributed by atoms with van der Waals surface area (Å²) in [6.45, 7) is 1.31. The van der Waals surface area contributed by atoms with Crippen LogP contribution in [0.15, 0.2) is 51.7 Å². The Balaban J connectivity index is 1.72. The molecular formula is C21H13BrN4O4S. The number of carbonyl (C=O) groups is 2. The van der Waals surface area contributed by atoms with E-state index in [1.807, 2.05) is 18.2 Å². The molecule has 3 heterocycles. The maximum absolute atomic E-state index is 13.2. The van der Waals surface area contributed by atoms with E-state index in [-0.39, 0.29) is 16.3 Å². The first-order chi connectivity index (χ1) is 14.8. The number of anilines is 1. The molecule has 10 heteroatoms. The summed E-state index contributed by atoms with van der Waals surface area (Å²) in [5.41, 5.74) is 1.82. The van der Waals surface area contributed by atoms with Crippen LogP contribution in [0.2, 0.25) is 0 Å². The van der Waals surface area contributed by atoms with Crippen LogP contribution in [-0.4, -0.2) is 33.5 Å². The van der Waals surface area contributed by atoms with Gasteiger partial charge < -0.3 is 9.64 Å². The summed E-state index contributed by atoms with van der Waals surface area (Å²) in [6, 6.07) is 12.3. The van der Waals surface area contributed by atoms with E-state index in [1.165, 1.54) is 16.3 Å². The lowest BCUT2D eigenvalue weighted by atomic mass is 10.1. The summed E-state index contributed by atoms with van der Waals surface area (Å²) >= 11 is 4.53. The SMILES string of the molecule is CC(=O)Oc1ccccc1-c1nc2s/c(=C3\C(=O)N(C)c4ccc(Br)cc43)c(=O)n2n1. The Morgan fingerprint density at radius 1 is 1.13 bits per heavy atom. The molecule has 5 rings (SSSR count). The first-order valence-corrected chi connectivity index (χ1v) is 10.8. The van der Waals surface area contributed by atoms with E-state index in [9.17, 15) is 14.4 Å². The Hall–Kier alpha value is -3.37. The quantitative estimate of drug-likeness (QED) is 0.312. The lowest BCUT2D eigenvalue weighted by Gasteiger charge is -2.08. The van der Waals surface area contributed by atoms with Crippen LogP contribution in [0, 0.1) is 0 Å². The molecule has 2 aromatic carbocycles. The highest BCUT2D eigenvalue weighted by molar-refractivity contribution is 9.10. The molecule has 0 unspecified atom stereocenters. The number of rotatable bonds is 2. The number of nitrogens with zero attached hydrogens (tertiary/aromatic N) is 4. The van der Waals surface area contributed by atoms with E-state index in [0.717, 1.165) is 21.5 Å². The third-order valence-electron chi connectivity index (χ3n) is 4.87. The van der Waals surface area contributed by atoms with Crippen molar-refractivity contribution in [3.05, 3.63) is 67.4 Å². The number of fused-ring (bicyclic) bond motifs is 2. The van der Waals surface area contributed by atoms with E-state index in [4.69, 9.17) is 4.74 Å². The number of ether oxygens (including phenoxy) is 1. The van der Waals surface area contributed by atoms with Gasteiger partial charge in [0.1, 0.15) is 10.3 Å². The normalized spacial score (nSPS) is 14.9. The fourth-order valence-corrected chi connectivity index (χ4v) is 4.87. The second-order valence-electron chi connectivity index (χ2n) is 6.86. The van der Waals surface area contributed by atoms with Crippen LogP contribution >= 0.6 is 27.3 Å². The molecule has 0 spiro atoms. The number of halogens is 1. The van der Waals surface area contributed by atoms with E-state index < -0.39 is 11.5 Å². The van der Waals surface area contributed by atoms with E-state index in [0.29, 0.717) is 27.4 Å². The second-order valence-corrected chi connectivity index (χ2v) is 8.75. The topological polar surface area (TPSA) is 93.9 Å². The summed E-state index contributed by atoms with van der Waals surface area (Å²) in [5, 5.41) is 4.32. The van der Waals surface area contributed by atoms with Gasteiger partial charge >= 0.3 is 5.97 Å². The van der Waals surface area contributed by atoms with E-state index in [2.05, 4.69) is 26.0 Å². The van der Waals surface area contributed by atoms with Gasteiger partial charge in [-0.2, -0.15) is 9.50 Å². The smallest absolute Gasteiger partial charge is 0.308 e. The predicted octanol–water partition coefficient (Wildman–Crippen LogP) is 2.40. The Labute approximate surface area is 187 Å². The van der Waals surface area contributed by atoms with Crippen molar-refractivity contribution >= 4 is 55.4 Å². The minimum absolute atomic E-state index is 0.255. The zero-order chi connectivity index (χ0) is 21.9. The minimum Gasteiger partial charge on any atom is -0.426 e. The largest absolute Gasteiger partial charge is 0.426 e. The van der Waals surface area contributed by atoms with Gasteiger partial charge in [0.05, 0.1) is 16.8 Å². The summed E-state index contributed by atoms with van der Waals surface area (Å²) < 4.78 is 7.49. The summed E-state index contributed by atoms with van der Waals surface area (Å²) in [5.74, 6) is -0.156. The standard InChI is InChI=1S/C21H13BrN4O4S/c1-10(27)30-15-6-4-3-5-12(15)18-23-21-26(24-18)20(29)17(31-21)16-13-9-11(22)7-8-14(13)25(2)19(16)28/h3-9H,1-2H3/b17-16-. The number of benzene rings is 2. The average molecular weight is 497 g/mol. The highest BCUT2D eigenvalue weighted by Gasteiger charge is 2.32. The number of likely N-dealkylation sites (N-methyl/N-ethyl adjacent to an activating group) is 1. The maximum Gasteiger partial charge on any atom is 0.308 e. The van der Waals surface area contributed by atoms with Crippen LogP contribution in [0.3, 0.4) is 0 Å². The van der Waals surface area contributed by atoms with Gasteiger partial charge in [-0.3, -0.25) is 14.4 Å². The van der Waals surface area contributed by atoms with Crippen molar-refractivity contribution in [1.29, 1.82) is 0 Å². The summed E-state index contributed by atoms with van der Waals surface area (Å²) in [6.07, 6.45) is 0. The van der Waals surface area contributed by atoms with Gasteiger partial charge in [0.2, 0.25) is 4.96 Å². The van der Waals surface area contributed by atoms with Crippen LogP contribution in [0.25, 0.3) is 21.9 Å². The zero-order valence-electron chi connectivity index (χ0n) is 16.2. The van der Waals surface area contributed by atoms with Crippen molar-refractivity contribution in [2.75, 3.05) is 11.9 Å². The van der Waals surface area contributed by atoms with E-state index in [1.54, 1.807) is 31.3 Å². The monoisotopic (exact) mass is 496 g/mol. The second kappa shape index (κ2) is 7.10.